The molecule has 1 aromatic heterocycles. The molecule has 1 aromatic rings. The summed E-state index contributed by atoms with van der Waals surface area (Å²) in [4.78, 5) is 20.9. The van der Waals surface area contributed by atoms with Crippen molar-refractivity contribution in [2.24, 2.45) is 0 Å². The third kappa shape index (κ3) is 3.10. The molecule has 15 heavy (non-hydrogen) atoms. The van der Waals surface area contributed by atoms with Crippen molar-refractivity contribution in [1.82, 2.24) is 5.32 Å². The minimum absolute atomic E-state index is 0.0507. The van der Waals surface area contributed by atoms with E-state index in [1.54, 1.807) is 0 Å². The van der Waals surface area contributed by atoms with Gasteiger partial charge in [-0.1, -0.05) is 0 Å². The molecule has 0 saturated carbocycles. The Bertz CT molecular complexity index is 370. The molecule has 0 radical (unpaired) electrons. The maximum atomic E-state index is 10.5. The summed E-state index contributed by atoms with van der Waals surface area (Å²) in [5, 5.41) is 19.8. The van der Waals surface area contributed by atoms with Crippen LogP contribution in [0.25, 0.3) is 0 Å². The highest BCUT2D eigenvalue weighted by atomic mass is 16.4. The van der Waals surface area contributed by atoms with E-state index in [9.17, 15) is 9.59 Å². The Hall–Kier alpha value is -1.82. The molecule has 1 rings (SSSR count). The Labute approximate surface area is 85.5 Å². The molecule has 1 atom stereocenters. The SMILES string of the molecule is CC(NCc1cc(C(=O)O)co1)C(=O)O. The second kappa shape index (κ2) is 4.61. The van der Waals surface area contributed by atoms with E-state index in [1.165, 1.54) is 13.0 Å². The maximum Gasteiger partial charge on any atom is 0.338 e. The second-order valence-electron chi connectivity index (χ2n) is 3.05. The Morgan fingerprint density at radius 2 is 2.20 bits per heavy atom. The molecule has 0 saturated heterocycles. The van der Waals surface area contributed by atoms with Gasteiger partial charge in [-0.05, 0) is 13.0 Å². The fraction of sp³-hybridized carbons (Fsp3) is 0.333. The van der Waals surface area contributed by atoms with E-state index in [4.69, 9.17) is 14.6 Å². The smallest absolute Gasteiger partial charge is 0.338 e. The molecular formula is C9H11NO5. The van der Waals surface area contributed by atoms with Gasteiger partial charge < -0.3 is 14.6 Å². The van der Waals surface area contributed by atoms with Crippen molar-refractivity contribution in [3.63, 3.8) is 0 Å². The molecule has 0 spiro atoms. The van der Waals surface area contributed by atoms with Gasteiger partial charge in [0.15, 0.2) is 0 Å². The van der Waals surface area contributed by atoms with E-state index in [1.807, 2.05) is 0 Å². The summed E-state index contributed by atoms with van der Waals surface area (Å²) in [6, 6.07) is 0.646. The fourth-order valence-corrected chi connectivity index (χ4v) is 0.926. The van der Waals surface area contributed by atoms with Crippen molar-refractivity contribution in [3.8, 4) is 0 Å². The van der Waals surface area contributed by atoms with Crippen LogP contribution >= 0.6 is 0 Å². The van der Waals surface area contributed by atoms with Crippen LogP contribution in [0.15, 0.2) is 16.7 Å². The third-order valence-electron chi connectivity index (χ3n) is 1.85. The topological polar surface area (TPSA) is 99.8 Å². The van der Waals surface area contributed by atoms with Crippen LogP contribution in [0.4, 0.5) is 0 Å². The zero-order valence-electron chi connectivity index (χ0n) is 8.06. The van der Waals surface area contributed by atoms with E-state index < -0.39 is 18.0 Å². The highest BCUT2D eigenvalue weighted by Crippen LogP contribution is 2.07. The van der Waals surface area contributed by atoms with Gasteiger partial charge in [-0.3, -0.25) is 10.1 Å². The number of hydrogen-bond acceptors (Lipinski definition) is 4. The summed E-state index contributed by atoms with van der Waals surface area (Å²) in [7, 11) is 0. The van der Waals surface area contributed by atoms with Crippen molar-refractivity contribution < 1.29 is 24.2 Å². The van der Waals surface area contributed by atoms with Gasteiger partial charge in [-0.25, -0.2) is 4.79 Å². The first-order valence-corrected chi connectivity index (χ1v) is 4.27. The predicted octanol–water partition coefficient (Wildman–Crippen LogP) is 0.541. The van der Waals surface area contributed by atoms with Crippen molar-refractivity contribution >= 4 is 11.9 Å². The summed E-state index contributed by atoms with van der Waals surface area (Å²) < 4.78 is 4.92. The Kier molecular flexibility index (Phi) is 3.46. The van der Waals surface area contributed by atoms with E-state index in [2.05, 4.69) is 5.32 Å². The van der Waals surface area contributed by atoms with Gasteiger partial charge in [0.05, 0.1) is 12.1 Å². The largest absolute Gasteiger partial charge is 0.480 e. The van der Waals surface area contributed by atoms with E-state index in [-0.39, 0.29) is 12.1 Å². The fourth-order valence-electron chi connectivity index (χ4n) is 0.926. The first-order chi connectivity index (χ1) is 7.00. The Balaban J connectivity index is 2.51. The molecule has 0 aliphatic rings. The lowest BCUT2D eigenvalue weighted by Crippen LogP contribution is -2.32. The third-order valence-corrected chi connectivity index (χ3v) is 1.85. The quantitative estimate of drug-likeness (QED) is 0.660. The molecule has 82 valence electrons. The van der Waals surface area contributed by atoms with Gasteiger partial charge in [-0.2, -0.15) is 0 Å². The Morgan fingerprint density at radius 1 is 1.53 bits per heavy atom. The number of hydrogen-bond donors (Lipinski definition) is 3. The molecule has 1 unspecified atom stereocenters. The average Bonchev–Trinajstić information content (AvgIpc) is 2.62. The van der Waals surface area contributed by atoms with Gasteiger partial charge in [-0.15, -0.1) is 0 Å². The van der Waals surface area contributed by atoms with Crippen LogP contribution in [0.1, 0.15) is 23.0 Å². The number of nitrogens with one attached hydrogen (secondary N) is 1. The van der Waals surface area contributed by atoms with Crippen LogP contribution in [0.2, 0.25) is 0 Å². The molecule has 0 aliphatic carbocycles. The highest BCUT2D eigenvalue weighted by molar-refractivity contribution is 5.87. The lowest BCUT2D eigenvalue weighted by Gasteiger charge is -2.06. The summed E-state index contributed by atoms with van der Waals surface area (Å²) in [6.45, 7) is 1.67. The molecule has 0 fully saturated rings. The van der Waals surface area contributed by atoms with Crippen LogP contribution in [0.3, 0.4) is 0 Å². The molecule has 1 heterocycles. The number of carbonyl (C=O) groups is 2. The highest BCUT2D eigenvalue weighted by Gasteiger charge is 2.12. The Morgan fingerprint density at radius 3 is 2.67 bits per heavy atom. The number of aromatic carboxylic acids is 1. The lowest BCUT2D eigenvalue weighted by atomic mass is 10.3. The zero-order valence-corrected chi connectivity index (χ0v) is 8.06. The molecule has 0 bridgehead atoms. The number of furan rings is 1. The monoisotopic (exact) mass is 213 g/mol. The molecular weight excluding hydrogens is 202 g/mol. The standard InChI is InChI=1S/C9H11NO5/c1-5(8(11)12)10-3-7-2-6(4-15-7)9(13)14/h2,4-5,10H,3H2,1H3,(H,11,12)(H,13,14). The van der Waals surface area contributed by atoms with Crippen molar-refractivity contribution in [1.29, 1.82) is 0 Å². The summed E-state index contributed by atoms with van der Waals surface area (Å²) in [5.41, 5.74) is 0.0507. The number of rotatable bonds is 5. The van der Waals surface area contributed by atoms with Gasteiger partial charge in [0.25, 0.3) is 0 Å². The van der Waals surface area contributed by atoms with E-state index in [0.29, 0.717) is 5.76 Å². The first kappa shape index (κ1) is 11.3. The van der Waals surface area contributed by atoms with Gasteiger partial charge in [0, 0.05) is 0 Å². The van der Waals surface area contributed by atoms with Crippen LogP contribution < -0.4 is 5.32 Å². The lowest BCUT2D eigenvalue weighted by molar-refractivity contribution is -0.139. The molecule has 6 nitrogen and oxygen atoms in total. The molecule has 6 heteroatoms. The molecule has 0 amide bonds. The number of carboxylic acid groups (broad SMARTS) is 2. The van der Waals surface area contributed by atoms with Gasteiger partial charge in [0.2, 0.25) is 0 Å². The van der Waals surface area contributed by atoms with Crippen molar-refractivity contribution in [2.45, 2.75) is 19.5 Å². The van der Waals surface area contributed by atoms with Crippen LogP contribution in [0, 0.1) is 0 Å². The van der Waals surface area contributed by atoms with Crippen molar-refractivity contribution in [2.75, 3.05) is 0 Å². The molecule has 0 aliphatic heterocycles. The predicted molar refractivity (Wildman–Crippen MR) is 49.6 cm³/mol. The average molecular weight is 213 g/mol. The summed E-state index contributed by atoms with van der Waals surface area (Å²) >= 11 is 0. The first-order valence-electron chi connectivity index (χ1n) is 4.27. The van der Waals surface area contributed by atoms with Crippen LogP contribution in [-0.4, -0.2) is 28.2 Å². The second-order valence-corrected chi connectivity index (χ2v) is 3.05. The minimum atomic E-state index is -1.07. The molecule has 3 N–H and O–H groups in total. The summed E-state index contributed by atoms with van der Waals surface area (Å²) in [6.07, 6.45) is 1.12. The molecule has 0 aromatic carbocycles. The van der Waals surface area contributed by atoms with E-state index in [0.717, 1.165) is 6.26 Å². The van der Waals surface area contributed by atoms with Crippen LogP contribution in [0.5, 0.6) is 0 Å². The number of carboxylic acids is 2. The van der Waals surface area contributed by atoms with E-state index >= 15 is 0 Å². The van der Waals surface area contributed by atoms with Gasteiger partial charge in [0.1, 0.15) is 18.1 Å². The zero-order chi connectivity index (χ0) is 11.4. The number of aliphatic carboxylic acids is 1. The maximum absolute atomic E-state index is 10.5. The minimum Gasteiger partial charge on any atom is -0.480 e. The van der Waals surface area contributed by atoms with Gasteiger partial charge >= 0.3 is 11.9 Å². The summed E-state index contributed by atoms with van der Waals surface area (Å²) in [5.74, 6) is -1.66. The normalized spacial score (nSPS) is 12.3. The van der Waals surface area contributed by atoms with Crippen LogP contribution in [-0.2, 0) is 11.3 Å². The van der Waals surface area contributed by atoms with Crippen molar-refractivity contribution in [3.05, 3.63) is 23.7 Å².